The van der Waals surface area contributed by atoms with Gasteiger partial charge in [0.15, 0.2) is 18.0 Å². The van der Waals surface area contributed by atoms with Crippen molar-refractivity contribution < 1.29 is 24.0 Å². The first-order valence-electron chi connectivity index (χ1n) is 9.34. The highest BCUT2D eigenvalue weighted by atomic mass is 32.1. The van der Waals surface area contributed by atoms with E-state index in [1.54, 1.807) is 18.4 Å². The van der Waals surface area contributed by atoms with E-state index in [1.165, 1.54) is 4.90 Å². The van der Waals surface area contributed by atoms with Crippen LogP contribution in [0.4, 0.5) is 4.79 Å². The number of rotatable bonds is 9. The number of thiophene rings is 1. The molecule has 1 aromatic heterocycles. The van der Waals surface area contributed by atoms with Gasteiger partial charge in [0.1, 0.15) is 13.2 Å². The number of urea groups is 1. The molecule has 1 fully saturated rings. The molecule has 7 nitrogen and oxygen atoms in total. The second kappa shape index (κ2) is 9.57. The number of methoxy groups -OCH3 is 1. The van der Waals surface area contributed by atoms with Crippen molar-refractivity contribution in [3.8, 4) is 11.5 Å². The number of amides is 3. The Morgan fingerprint density at radius 1 is 1.32 bits per heavy atom. The van der Waals surface area contributed by atoms with Gasteiger partial charge in [0.25, 0.3) is 5.91 Å². The minimum Gasteiger partial charge on any atom is -0.493 e. The zero-order valence-electron chi connectivity index (χ0n) is 16.2. The number of ether oxygens (including phenoxy) is 2. The number of quaternary nitrogens is 1. The number of carbonyl (C=O) groups excluding carboxylic acids is 2. The van der Waals surface area contributed by atoms with Crippen LogP contribution in [0.15, 0.2) is 35.7 Å². The Morgan fingerprint density at radius 2 is 2.18 bits per heavy atom. The predicted molar refractivity (Wildman–Crippen MR) is 107 cm³/mol. The first-order chi connectivity index (χ1) is 13.6. The van der Waals surface area contributed by atoms with Crippen molar-refractivity contribution in [3.05, 3.63) is 46.2 Å². The Balaban J connectivity index is 1.61. The topological polar surface area (TPSA) is 72.3 Å². The van der Waals surface area contributed by atoms with Gasteiger partial charge in [-0.3, -0.25) is 9.69 Å². The van der Waals surface area contributed by atoms with Crippen molar-refractivity contribution in [2.75, 3.05) is 33.3 Å². The van der Waals surface area contributed by atoms with E-state index in [0.29, 0.717) is 37.7 Å². The molecule has 28 heavy (non-hydrogen) atoms. The molecule has 0 saturated carbocycles. The Kier molecular flexibility index (Phi) is 6.89. The van der Waals surface area contributed by atoms with Crippen LogP contribution in [0.3, 0.4) is 0 Å². The first-order valence-corrected chi connectivity index (χ1v) is 10.2. The van der Waals surface area contributed by atoms with Crippen LogP contribution in [0.25, 0.3) is 0 Å². The Hall–Kier alpha value is -2.58. The Bertz CT molecular complexity index is 810. The smallest absolute Gasteiger partial charge is 0.324 e. The molecule has 0 bridgehead atoms. The SMILES string of the molecule is CC[NH+](CC(=O)N1CCNC1=O)Cc1ccc(OCc2cccs2)c(OC)c1. The minimum absolute atomic E-state index is 0.144. The van der Waals surface area contributed by atoms with Gasteiger partial charge in [-0.15, -0.1) is 11.3 Å². The molecule has 2 aromatic rings. The summed E-state index contributed by atoms with van der Waals surface area (Å²) < 4.78 is 11.4. The van der Waals surface area contributed by atoms with Crippen molar-refractivity contribution in [3.63, 3.8) is 0 Å². The van der Waals surface area contributed by atoms with E-state index in [4.69, 9.17) is 9.47 Å². The second-order valence-corrected chi connectivity index (χ2v) is 7.62. The summed E-state index contributed by atoms with van der Waals surface area (Å²) >= 11 is 1.65. The summed E-state index contributed by atoms with van der Waals surface area (Å²) in [6.07, 6.45) is 0. The molecule has 1 unspecified atom stereocenters. The number of hydrogen-bond donors (Lipinski definition) is 2. The number of carbonyl (C=O) groups is 2. The number of nitrogens with one attached hydrogen (secondary N) is 2. The summed E-state index contributed by atoms with van der Waals surface area (Å²) in [5.41, 5.74) is 1.05. The zero-order valence-corrected chi connectivity index (χ0v) is 17.0. The van der Waals surface area contributed by atoms with E-state index in [-0.39, 0.29) is 18.5 Å². The third-order valence-electron chi connectivity index (χ3n) is 4.69. The van der Waals surface area contributed by atoms with E-state index < -0.39 is 0 Å². The molecule has 3 rings (SSSR count). The summed E-state index contributed by atoms with van der Waals surface area (Å²) in [5, 5.41) is 4.68. The van der Waals surface area contributed by atoms with Gasteiger partial charge >= 0.3 is 6.03 Å². The summed E-state index contributed by atoms with van der Waals surface area (Å²) in [5.74, 6) is 1.23. The van der Waals surface area contributed by atoms with E-state index in [0.717, 1.165) is 21.9 Å². The van der Waals surface area contributed by atoms with Crippen molar-refractivity contribution in [2.24, 2.45) is 0 Å². The van der Waals surface area contributed by atoms with Gasteiger partial charge in [-0.1, -0.05) is 6.07 Å². The molecule has 1 atom stereocenters. The van der Waals surface area contributed by atoms with E-state index in [1.807, 2.05) is 42.6 Å². The van der Waals surface area contributed by atoms with Crippen LogP contribution < -0.4 is 19.7 Å². The lowest BCUT2D eigenvalue weighted by Gasteiger charge is -2.20. The summed E-state index contributed by atoms with van der Waals surface area (Å²) in [7, 11) is 1.62. The number of imide groups is 1. The molecule has 0 aliphatic carbocycles. The third kappa shape index (κ3) is 5.02. The lowest BCUT2D eigenvalue weighted by atomic mass is 10.2. The summed E-state index contributed by atoms with van der Waals surface area (Å²) in [6.45, 7) is 5.23. The number of likely N-dealkylation sites (N-methyl/N-ethyl adjacent to an activating group) is 1. The molecular formula is C20H26N3O4S+. The second-order valence-electron chi connectivity index (χ2n) is 6.59. The Morgan fingerprint density at radius 3 is 2.82 bits per heavy atom. The van der Waals surface area contributed by atoms with Crippen LogP contribution >= 0.6 is 11.3 Å². The average molecular weight is 405 g/mol. The van der Waals surface area contributed by atoms with E-state index >= 15 is 0 Å². The fourth-order valence-electron chi connectivity index (χ4n) is 3.10. The highest BCUT2D eigenvalue weighted by molar-refractivity contribution is 7.09. The van der Waals surface area contributed by atoms with Crippen LogP contribution in [-0.4, -0.2) is 50.1 Å². The molecule has 1 aliphatic rings. The molecule has 1 saturated heterocycles. The van der Waals surface area contributed by atoms with Crippen LogP contribution in [0.2, 0.25) is 0 Å². The number of nitrogens with zero attached hydrogens (tertiary/aromatic N) is 1. The van der Waals surface area contributed by atoms with Gasteiger partial charge in [0.2, 0.25) is 0 Å². The van der Waals surface area contributed by atoms with Crippen molar-refractivity contribution in [1.82, 2.24) is 10.2 Å². The molecule has 150 valence electrons. The monoisotopic (exact) mass is 404 g/mol. The van der Waals surface area contributed by atoms with Gasteiger partial charge in [-0.25, -0.2) is 4.79 Å². The van der Waals surface area contributed by atoms with Crippen LogP contribution in [0, 0.1) is 0 Å². The van der Waals surface area contributed by atoms with Gasteiger partial charge < -0.3 is 19.7 Å². The molecule has 8 heteroatoms. The van der Waals surface area contributed by atoms with Gasteiger partial charge in [-0.2, -0.15) is 0 Å². The number of benzene rings is 1. The predicted octanol–water partition coefficient (Wildman–Crippen LogP) is 1.29. The normalized spacial score (nSPS) is 14.6. The maximum absolute atomic E-state index is 12.4. The Labute approximate surface area is 168 Å². The van der Waals surface area contributed by atoms with Crippen molar-refractivity contribution in [1.29, 1.82) is 0 Å². The molecule has 0 spiro atoms. The van der Waals surface area contributed by atoms with Crippen molar-refractivity contribution in [2.45, 2.75) is 20.1 Å². The van der Waals surface area contributed by atoms with Gasteiger partial charge in [-0.05, 0) is 36.6 Å². The quantitative estimate of drug-likeness (QED) is 0.661. The van der Waals surface area contributed by atoms with E-state index in [9.17, 15) is 9.59 Å². The first kappa shape index (κ1) is 20.2. The number of hydrogen-bond acceptors (Lipinski definition) is 5. The van der Waals surface area contributed by atoms with Crippen LogP contribution in [0.1, 0.15) is 17.4 Å². The zero-order chi connectivity index (χ0) is 19.9. The van der Waals surface area contributed by atoms with Crippen molar-refractivity contribution >= 4 is 23.3 Å². The highest BCUT2D eigenvalue weighted by Crippen LogP contribution is 2.29. The maximum Gasteiger partial charge on any atom is 0.324 e. The summed E-state index contributed by atoms with van der Waals surface area (Å²) in [6, 6.07) is 9.59. The van der Waals surface area contributed by atoms with Crippen LogP contribution in [-0.2, 0) is 17.9 Å². The molecule has 2 heterocycles. The third-order valence-corrected chi connectivity index (χ3v) is 5.54. The molecule has 1 aromatic carbocycles. The lowest BCUT2D eigenvalue weighted by molar-refractivity contribution is -0.904. The van der Waals surface area contributed by atoms with Gasteiger partial charge in [0, 0.05) is 23.5 Å². The fraction of sp³-hybridized carbons (Fsp3) is 0.400. The standard InChI is InChI=1S/C20H25N3O4S/c1-3-22(13-19(24)23-9-8-21-20(23)25)12-15-6-7-17(18(11-15)26-2)27-14-16-5-4-10-28-16/h4-7,10-11H,3,8-9,12-14H2,1-2H3,(H,21,25)/p+1. The highest BCUT2D eigenvalue weighted by Gasteiger charge is 2.28. The molecule has 1 aliphatic heterocycles. The van der Waals surface area contributed by atoms with Gasteiger partial charge in [0.05, 0.1) is 13.7 Å². The maximum atomic E-state index is 12.4. The molecule has 0 radical (unpaired) electrons. The molecule has 2 N–H and O–H groups in total. The average Bonchev–Trinajstić information content (AvgIpc) is 3.37. The molecular weight excluding hydrogens is 378 g/mol. The molecule has 3 amide bonds. The van der Waals surface area contributed by atoms with E-state index in [2.05, 4.69) is 5.32 Å². The minimum atomic E-state index is -0.297. The van der Waals surface area contributed by atoms with Crippen LogP contribution in [0.5, 0.6) is 11.5 Å². The largest absolute Gasteiger partial charge is 0.493 e. The lowest BCUT2D eigenvalue weighted by Crippen LogP contribution is -3.11. The summed E-state index contributed by atoms with van der Waals surface area (Å²) in [4.78, 5) is 27.6. The fourth-order valence-corrected chi connectivity index (χ4v) is 3.72.